The molecule has 0 aromatic carbocycles. The summed E-state index contributed by atoms with van der Waals surface area (Å²) >= 11 is 0. The second-order valence-electron chi connectivity index (χ2n) is 4.16. The van der Waals surface area contributed by atoms with E-state index in [-0.39, 0.29) is 0 Å². The Kier molecular flexibility index (Phi) is 4.22. The van der Waals surface area contributed by atoms with Crippen LogP contribution in [0.3, 0.4) is 0 Å². The van der Waals surface area contributed by atoms with Crippen molar-refractivity contribution in [3.8, 4) is 0 Å². The molecule has 0 radical (unpaired) electrons. The van der Waals surface area contributed by atoms with Crippen molar-refractivity contribution < 1.29 is 0 Å². The molecule has 6 heteroatoms. The fraction of sp³-hybridized carbons (Fsp3) is 0.385. The SMILES string of the molecule is CCNc1cc(NCc2ccnc(C)n2)nc(C)n1. The van der Waals surface area contributed by atoms with Crippen LogP contribution in [0.5, 0.6) is 0 Å². The molecule has 0 fully saturated rings. The van der Waals surface area contributed by atoms with Gasteiger partial charge >= 0.3 is 0 Å². The van der Waals surface area contributed by atoms with E-state index in [4.69, 9.17) is 0 Å². The zero-order chi connectivity index (χ0) is 13.7. The van der Waals surface area contributed by atoms with Crippen molar-refractivity contribution in [3.63, 3.8) is 0 Å². The Morgan fingerprint density at radius 1 is 1.00 bits per heavy atom. The first-order valence-electron chi connectivity index (χ1n) is 6.29. The van der Waals surface area contributed by atoms with Crippen molar-refractivity contribution in [2.75, 3.05) is 17.2 Å². The first kappa shape index (κ1) is 13.2. The van der Waals surface area contributed by atoms with Gasteiger partial charge in [-0.05, 0) is 26.8 Å². The monoisotopic (exact) mass is 258 g/mol. The van der Waals surface area contributed by atoms with Gasteiger partial charge < -0.3 is 10.6 Å². The molecule has 2 heterocycles. The van der Waals surface area contributed by atoms with Crippen molar-refractivity contribution in [1.29, 1.82) is 0 Å². The van der Waals surface area contributed by atoms with Gasteiger partial charge in [-0.15, -0.1) is 0 Å². The van der Waals surface area contributed by atoms with Gasteiger partial charge in [-0.1, -0.05) is 0 Å². The predicted molar refractivity (Wildman–Crippen MR) is 75.0 cm³/mol. The Morgan fingerprint density at radius 3 is 2.42 bits per heavy atom. The maximum absolute atomic E-state index is 4.35. The van der Waals surface area contributed by atoms with E-state index < -0.39 is 0 Å². The summed E-state index contributed by atoms with van der Waals surface area (Å²) in [5.41, 5.74) is 0.939. The molecular formula is C13H18N6. The zero-order valence-corrected chi connectivity index (χ0v) is 11.4. The van der Waals surface area contributed by atoms with Crippen LogP contribution in [0.1, 0.15) is 24.3 Å². The van der Waals surface area contributed by atoms with E-state index in [1.807, 2.05) is 32.9 Å². The summed E-state index contributed by atoms with van der Waals surface area (Å²) < 4.78 is 0. The first-order chi connectivity index (χ1) is 9.17. The molecule has 19 heavy (non-hydrogen) atoms. The fourth-order valence-electron chi connectivity index (χ4n) is 1.71. The van der Waals surface area contributed by atoms with Crippen molar-refractivity contribution >= 4 is 11.6 Å². The van der Waals surface area contributed by atoms with E-state index >= 15 is 0 Å². The van der Waals surface area contributed by atoms with Crippen LogP contribution in [-0.2, 0) is 6.54 Å². The number of nitrogens with one attached hydrogen (secondary N) is 2. The predicted octanol–water partition coefficient (Wildman–Crippen LogP) is 1.93. The summed E-state index contributed by atoms with van der Waals surface area (Å²) in [6, 6.07) is 3.78. The molecule has 2 N–H and O–H groups in total. The molecular weight excluding hydrogens is 240 g/mol. The Bertz CT molecular complexity index is 555. The third-order valence-corrected chi connectivity index (χ3v) is 2.48. The number of aromatic nitrogens is 4. The third-order valence-electron chi connectivity index (χ3n) is 2.48. The topological polar surface area (TPSA) is 75.6 Å². The van der Waals surface area contributed by atoms with E-state index in [9.17, 15) is 0 Å². The normalized spacial score (nSPS) is 10.3. The molecule has 0 bridgehead atoms. The van der Waals surface area contributed by atoms with Gasteiger partial charge in [-0.2, -0.15) is 0 Å². The van der Waals surface area contributed by atoms with Gasteiger partial charge in [-0.25, -0.2) is 19.9 Å². The lowest BCUT2D eigenvalue weighted by Crippen LogP contribution is -2.08. The minimum Gasteiger partial charge on any atom is -0.370 e. The summed E-state index contributed by atoms with van der Waals surface area (Å²) in [5, 5.41) is 6.43. The molecule has 6 nitrogen and oxygen atoms in total. The van der Waals surface area contributed by atoms with Crippen LogP contribution in [0.4, 0.5) is 11.6 Å². The van der Waals surface area contributed by atoms with Crippen LogP contribution in [0, 0.1) is 13.8 Å². The molecule has 0 saturated heterocycles. The molecule has 0 spiro atoms. The summed E-state index contributed by atoms with van der Waals surface area (Å²) in [4.78, 5) is 17.1. The third kappa shape index (κ3) is 3.87. The largest absolute Gasteiger partial charge is 0.370 e. The minimum atomic E-state index is 0.616. The van der Waals surface area contributed by atoms with Crippen molar-refractivity contribution in [2.45, 2.75) is 27.3 Å². The van der Waals surface area contributed by atoms with Crippen LogP contribution in [0.25, 0.3) is 0 Å². The lowest BCUT2D eigenvalue weighted by atomic mass is 10.4. The highest BCUT2D eigenvalue weighted by atomic mass is 15.1. The van der Waals surface area contributed by atoms with Crippen molar-refractivity contribution in [3.05, 3.63) is 35.7 Å². The Balaban J connectivity index is 2.06. The molecule has 100 valence electrons. The minimum absolute atomic E-state index is 0.616. The van der Waals surface area contributed by atoms with E-state index in [2.05, 4.69) is 30.6 Å². The molecule has 0 unspecified atom stereocenters. The van der Waals surface area contributed by atoms with Crippen LogP contribution >= 0.6 is 0 Å². The quantitative estimate of drug-likeness (QED) is 0.853. The average molecular weight is 258 g/mol. The van der Waals surface area contributed by atoms with Crippen molar-refractivity contribution in [1.82, 2.24) is 19.9 Å². The maximum Gasteiger partial charge on any atom is 0.132 e. The summed E-state index contributed by atoms with van der Waals surface area (Å²) in [6.07, 6.45) is 1.76. The highest BCUT2D eigenvalue weighted by Gasteiger charge is 2.02. The molecule has 0 atom stereocenters. The highest BCUT2D eigenvalue weighted by Crippen LogP contribution is 2.11. The number of anilines is 2. The lowest BCUT2D eigenvalue weighted by molar-refractivity contribution is 0.941. The summed E-state index contributed by atoms with van der Waals surface area (Å²) in [6.45, 7) is 7.24. The molecule has 0 aliphatic carbocycles. The number of hydrogen-bond donors (Lipinski definition) is 2. The highest BCUT2D eigenvalue weighted by molar-refractivity contribution is 5.47. The second-order valence-corrected chi connectivity index (χ2v) is 4.16. The van der Waals surface area contributed by atoms with Gasteiger partial charge in [0.25, 0.3) is 0 Å². The van der Waals surface area contributed by atoms with Gasteiger partial charge in [0, 0.05) is 18.8 Å². The number of aryl methyl sites for hydroxylation is 2. The molecule has 0 aliphatic heterocycles. The lowest BCUT2D eigenvalue weighted by Gasteiger charge is -2.09. The van der Waals surface area contributed by atoms with Crippen LogP contribution in [0.2, 0.25) is 0 Å². The Hall–Kier alpha value is -2.24. The molecule has 2 aromatic heterocycles. The van der Waals surface area contributed by atoms with Gasteiger partial charge in [0.05, 0.1) is 12.2 Å². The molecule has 2 aromatic rings. The molecule has 0 aliphatic rings. The van der Waals surface area contributed by atoms with Crippen LogP contribution in [-0.4, -0.2) is 26.5 Å². The average Bonchev–Trinajstić information content (AvgIpc) is 2.36. The summed E-state index contributed by atoms with van der Waals surface area (Å²) in [7, 11) is 0. The Morgan fingerprint density at radius 2 is 1.74 bits per heavy atom. The fourth-order valence-corrected chi connectivity index (χ4v) is 1.71. The molecule has 0 saturated carbocycles. The van der Waals surface area contributed by atoms with Gasteiger partial charge in [0.15, 0.2) is 0 Å². The zero-order valence-electron chi connectivity index (χ0n) is 11.4. The second kappa shape index (κ2) is 6.08. The molecule has 0 amide bonds. The smallest absolute Gasteiger partial charge is 0.132 e. The van der Waals surface area contributed by atoms with Crippen molar-refractivity contribution in [2.24, 2.45) is 0 Å². The van der Waals surface area contributed by atoms with E-state index in [0.29, 0.717) is 6.54 Å². The summed E-state index contributed by atoms with van der Waals surface area (Å²) in [5.74, 6) is 3.13. The van der Waals surface area contributed by atoms with Gasteiger partial charge in [0.2, 0.25) is 0 Å². The standard InChI is InChI=1S/C13H18N6/c1-4-14-12-7-13(19-10(3)18-12)16-8-11-5-6-15-9(2)17-11/h5-7H,4,8H2,1-3H3,(H2,14,16,18,19). The van der Waals surface area contributed by atoms with Crippen LogP contribution < -0.4 is 10.6 Å². The number of rotatable bonds is 5. The maximum atomic E-state index is 4.35. The molecule has 2 rings (SSSR count). The van der Waals surface area contributed by atoms with E-state index in [1.54, 1.807) is 6.20 Å². The Labute approximate surface area is 112 Å². The first-order valence-corrected chi connectivity index (χ1v) is 6.29. The van der Waals surface area contributed by atoms with Gasteiger partial charge in [0.1, 0.15) is 23.3 Å². The van der Waals surface area contributed by atoms with Gasteiger partial charge in [-0.3, -0.25) is 0 Å². The van der Waals surface area contributed by atoms with Crippen LogP contribution in [0.15, 0.2) is 18.3 Å². The van der Waals surface area contributed by atoms with E-state index in [0.717, 1.165) is 35.5 Å². The number of hydrogen-bond acceptors (Lipinski definition) is 6. The number of nitrogens with zero attached hydrogens (tertiary/aromatic N) is 4. The van der Waals surface area contributed by atoms with E-state index in [1.165, 1.54) is 0 Å².